The fourth-order valence-electron chi connectivity index (χ4n) is 2.82. The number of rotatable bonds is 5. The second-order valence-electron chi connectivity index (χ2n) is 5.38. The molecule has 1 aliphatic rings. The van der Waals surface area contributed by atoms with Crippen molar-refractivity contribution in [2.45, 2.75) is 39.7 Å². The molecule has 0 spiro atoms. The smallest absolute Gasteiger partial charge is 0.307 e. The standard InChI is InChI=1S/C14H20N2O4/c1-3-9-4-10(11(5-9)14(18)19)13(17)16-7-12-15-6-8(2)20-12/h6,9-11H,3-5,7H2,1-2H3,(H,16,17)(H,18,19)/t9?,10-,11+/m0/s1. The molecule has 6 heteroatoms. The summed E-state index contributed by atoms with van der Waals surface area (Å²) in [5, 5.41) is 11.9. The summed E-state index contributed by atoms with van der Waals surface area (Å²) in [4.78, 5) is 27.4. The van der Waals surface area contributed by atoms with E-state index in [1.807, 2.05) is 6.92 Å². The van der Waals surface area contributed by atoms with Gasteiger partial charge in [-0.25, -0.2) is 4.98 Å². The molecule has 1 saturated carbocycles. The first-order chi connectivity index (χ1) is 9.51. The van der Waals surface area contributed by atoms with Gasteiger partial charge in [0, 0.05) is 0 Å². The predicted molar refractivity (Wildman–Crippen MR) is 70.7 cm³/mol. The first kappa shape index (κ1) is 14.6. The second-order valence-corrected chi connectivity index (χ2v) is 5.38. The average molecular weight is 280 g/mol. The summed E-state index contributed by atoms with van der Waals surface area (Å²) in [6.45, 7) is 4.01. The van der Waals surface area contributed by atoms with Gasteiger partial charge in [-0.15, -0.1) is 0 Å². The summed E-state index contributed by atoms with van der Waals surface area (Å²) < 4.78 is 5.27. The average Bonchev–Trinajstić information content (AvgIpc) is 3.02. The second kappa shape index (κ2) is 6.07. The first-order valence-electron chi connectivity index (χ1n) is 6.93. The maximum Gasteiger partial charge on any atom is 0.307 e. The molecule has 1 unspecified atom stereocenters. The quantitative estimate of drug-likeness (QED) is 0.857. The van der Waals surface area contributed by atoms with E-state index in [9.17, 15) is 14.7 Å². The molecule has 0 aromatic carbocycles. The molecule has 0 radical (unpaired) electrons. The highest BCUT2D eigenvalue weighted by atomic mass is 16.4. The first-order valence-corrected chi connectivity index (χ1v) is 6.93. The lowest BCUT2D eigenvalue weighted by atomic mass is 9.95. The van der Waals surface area contributed by atoms with Gasteiger partial charge in [-0.2, -0.15) is 0 Å². The fraction of sp³-hybridized carbons (Fsp3) is 0.643. The van der Waals surface area contributed by atoms with Crippen LogP contribution >= 0.6 is 0 Å². The Bertz CT molecular complexity index is 497. The number of nitrogens with one attached hydrogen (secondary N) is 1. The number of aliphatic carboxylic acids is 1. The van der Waals surface area contributed by atoms with Gasteiger partial charge in [0.05, 0.1) is 24.6 Å². The molecule has 6 nitrogen and oxygen atoms in total. The van der Waals surface area contributed by atoms with Crippen LogP contribution in [0.1, 0.15) is 37.8 Å². The molecule has 3 atom stereocenters. The number of aryl methyl sites for hydroxylation is 1. The van der Waals surface area contributed by atoms with Gasteiger partial charge < -0.3 is 14.8 Å². The third-order valence-corrected chi connectivity index (χ3v) is 3.97. The number of oxazole rings is 1. The van der Waals surface area contributed by atoms with Crippen LogP contribution in [0.4, 0.5) is 0 Å². The molecule has 1 fully saturated rings. The van der Waals surface area contributed by atoms with Gasteiger partial charge in [0.2, 0.25) is 11.8 Å². The molecule has 2 N–H and O–H groups in total. The number of carbonyl (C=O) groups is 2. The zero-order valence-corrected chi connectivity index (χ0v) is 11.8. The summed E-state index contributed by atoms with van der Waals surface area (Å²) in [5.41, 5.74) is 0. The molecule has 1 heterocycles. The van der Waals surface area contributed by atoms with Crippen molar-refractivity contribution in [1.29, 1.82) is 0 Å². The third-order valence-electron chi connectivity index (χ3n) is 3.97. The van der Waals surface area contributed by atoms with Crippen molar-refractivity contribution >= 4 is 11.9 Å². The molecule has 1 aliphatic carbocycles. The van der Waals surface area contributed by atoms with Gasteiger partial charge in [0.1, 0.15) is 5.76 Å². The van der Waals surface area contributed by atoms with Crippen molar-refractivity contribution < 1.29 is 19.1 Å². The van der Waals surface area contributed by atoms with Crippen molar-refractivity contribution in [3.63, 3.8) is 0 Å². The van der Waals surface area contributed by atoms with Crippen LogP contribution in [-0.2, 0) is 16.1 Å². The van der Waals surface area contributed by atoms with Crippen molar-refractivity contribution in [3.05, 3.63) is 17.8 Å². The summed E-state index contributed by atoms with van der Waals surface area (Å²) in [6, 6.07) is 0. The van der Waals surface area contributed by atoms with Gasteiger partial charge in [0.15, 0.2) is 0 Å². The maximum absolute atomic E-state index is 12.2. The summed E-state index contributed by atoms with van der Waals surface area (Å²) in [6.07, 6.45) is 3.72. The number of amides is 1. The van der Waals surface area contributed by atoms with Crippen molar-refractivity contribution in [2.75, 3.05) is 0 Å². The van der Waals surface area contributed by atoms with Crippen LogP contribution in [0, 0.1) is 24.7 Å². The van der Waals surface area contributed by atoms with Crippen LogP contribution in [0.25, 0.3) is 0 Å². The van der Waals surface area contributed by atoms with E-state index in [1.54, 1.807) is 13.1 Å². The third kappa shape index (κ3) is 3.18. The minimum atomic E-state index is -0.881. The Morgan fingerprint density at radius 1 is 1.45 bits per heavy atom. The normalized spacial score (nSPS) is 25.6. The number of nitrogens with zero attached hydrogens (tertiary/aromatic N) is 1. The summed E-state index contributed by atoms with van der Waals surface area (Å²) >= 11 is 0. The van der Waals surface area contributed by atoms with Gasteiger partial charge in [-0.1, -0.05) is 13.3 Å². The Hall–Kier alpha value is -1.85. The van der Waals surface area contributed by atoms with E-state index >= 15 is 0 Å². The highest BCUT2D eigenvalue weighted by Gasteiger charge is 2.41. The van der Waals surface area contributed by atoms with Crippen molar-refractivity contribution in [1.82, 2.24) is 10.3 Å². The molecule has 1 aromatic rings. The molecule has 1 aromatic heterocycles. The Labute approximate surface area is 117 Å². The summed E-state index contributed by atoms with van der Waals surface area (Å²) in [5.74, 6) is -0.690. The highest BCUT2D eigenvalue weighted by molar-refractivity contribution is 5.85. The number of carboxylic acids is 1. The lowest BCUT2D eigenvalue weighted by Gasteiger charge is -2.14. The topological polar surface area (TPSA) is 92.4 Å². The highest BCUT2D eigenvalue weighted by Crippen LogP contribution is 2.38. The minimum absolute atomic E-state index is 0.201. The van der Waals surface area contributed by atoms with E-state index in [1.165, 1.54) is 0 Å². The zero-order valence-electron chi connectivity index (χ0n) is 11.8. The van der Waals surface area contributed by atoms with Crippen LogP contribution in [0.2, 0.25) is 0 Å². The van der Waals surface area contributed by atoms with E-state index < -0.39 is 17.8 Å². The molecular formula is C14H20N2O4. The van der Waals surface area contributed by atoms with Crippen LogP contribution in [0.3, 0.4) is 0 Å². The predicted octanol–water partition coefficient (Wildman–Crippen LogP) is 1.74. The lowest BCUT2D eigenvalue weighted by Crippen LogP contribution is -2.35. The van der Waals surface area contributed by atoms with Crippen molar-refractivity contribution in [3.8, 4) is 0 Å². The van der Waals surface area contributed by atoms with Crippen LogP contribution in [-0.4, -0.2) is 22.0 Å². The van der Waals surface area contributed by atoms with Gasteiger partial charge >= 0.3 is 5.97 Å². The largest absolute Gasteiger partial charge is 0.481 e. The number of hydrogen-bond donors (Lipinski definition) is 2. The summed E-state index contributed by atoms with van der Waals surface area (Å²) in [7, 11) is 0. The Morgan fingerprint density at radius 2 is 2.15 bits per heavy atom. The molecule has 2 rings (SSSR count). The maximum atomic E-state index is 12.2. The van der Waals surface area contributed by atoms with E-state index in [-0.39, 0.29) is 12.5 Å². The molecular weight excluding hydrogens is 260 g/mol. The minimum Gasteiger partial charge on any atom is -0.481 e. The SMILES string of the molecule is CCC1C[C@H](C(=O)NCc2ncc(C)o2)[C@H](C(=O)O)C1. The van der Waals surface area contributed by atoms with E-state index in [0.717, 1.165) is 6.42 Å². The molecule has 110 valence electrons. The molecule has 1 amide bonds. The van der Waals surface area contributed by atoms with Crippen LogP contribution < -0.4 is 5.32 Å². The molecule has 20 heavy (non-hydrogen) atoms. The monoisotopic (exact) mass is 280 g/mol. The number of aromatic nitrogens is 1. The van der Waals surface area contributed by atoms with Gasteiger partial charge in [0.25, 0.3) is 0 Å². The van der Waals surface area contributed by atoms with E-state index in [0.29, 0.717) is 30.4 Å². The molecule has 0 saturated heterocycles. The van der Waals surface area contributed by atoms with E-state index in [4.69, 9.17) is 4.42 Å². The van der Waals surface area contributed by atoms with Crippen molar-refractivity contribution in [2.24, 2.45) is 17.8 Å². The molecule has 0 aliphatic heterocycles. The molecule has 0 bridgehead atoms. The van der Waals surface area contributed by atoms with Gasteiger partial charge in [-0.05, 0) is 25.7 Å². The Balaban J connectivity index is 1.95. The van der Waals surface area contributed by atoms with Gasteiger partial charge in [-0.3, -0.25) is 9.59 Å². The van der Waals surface area contributed by atoms with Crippen LogP contribution in [0.5, 0.6) is 0 Å². The van der Waals surface area contributed by atoms with E-state index in [2.05, 4.69) is 10.3 Å². The number of carbonyl (C=O) groups excluding carboxylic acids is 1. The van der Waals surface area contributed by atoms with Crippen LogP contribution in [0.15, 0.2) is 10.6 Å². The number of carboxylic acid groups (broad SMARTS) is 1. The zero-order chi connectivity index (χ0) is 14.7. The Morgan fingerprint density at radius 3 is 2.70 bits per heavy atom. The fourth-order valence-corrected chi connectivity index (χ4v) is 2.82. The number of hydrogen-bond acceptors (Lipinski definition) is 4. The lowest BCUT2D eigenvalue weighted by molar-refractivity contribution is -0.146. The Kier molecular flexibility index (Phi) is 4.42.